The predicted octanol–water partition coefficient (Wildman–Crippen LogP) is -1.91. The predicted molar refractivity (Wildman–Crippen MR) is 409 cm³/mol. The van der Waals surface area contributed by atoms with Crippen molar-refractivity contribution in [1.29, 1.82) is 10.8 Å². The number of ether oxygens (including phenoxy) is 1. The van der Waals surface area contributed by atoms with Gasteiger partial charge in [0, 0.05) is 43.2 Å². The molecule has 2 fully saturated rings. The second kappa shape index (κ2) is 43.1. The number of aliphatic hydroxyl groups excluding tert-OH is 1. The van der Waals surface area contributed by atoms with Crippen LogP contribution < -0.4 is 86.3 Å². The van der Waals surface area contributed by atoms with Crippen molar-refractivity contribution in [1.82, 2.24) is 79.0 Å². The van der Waals surface area contributed by atoms with Crippen molar-refractivity contribution in [2.45, 2.75) is 183 Å². The zero-order valence-corrected chi connectivity index (χ0v) is 62.6. The molecule has 11 atom stereocenters. The molecule has 37 heteroatoms. The van der Waals surface area contributed by atoms with Crippen molar-refractivity contribution in [3.8, 4) is 11.1 Å². The van der Waals surface area contributed by atoms with Crippen LogP contribution >= 0.6 is 0 Å². The summed E-state index contributed by atoms with van der Waals surface area (Å²) in [5.41, 5.74) is 22.0. The second-order valence-corrected chi connectivity index (χ2v) is 27.3. The molecular weight excluding hydrogens is 1450 g/mol. The largest absolute Gasteiger partial charge is 0.481 e. The van der Waals surface area contributed by atoms with Gasteiger partial charge in [0.1, 0.15) is 79.6 Å². The molecule has 112 heavy (non-hydrogen) atoms. The van der Waals surface area contributed by atoms with Crippen molar-refractivity contribution < 1.29 is 82.1 Å². The Kier molecular flexibility index (Phi) is 33.4. The van der Waals surface area contributed by atoms with Crippen molar-refractivity contribution in [3.05, 3.63) is 120 Å². The smallest absolute Gasteiger partial charge is 0.407 e. The number of para-hydroxylation sites is 1. The van der Waals surface area contributed by atoms with Crippen molar-refractivity contribution in [2.24, 2.45) is 17.2 Å². The number of nitrogens with two attached hydrogens (primary N) is 3. The zero-order valence-electron chi connectivity index (χ0n) is 62.6. The Morgan fingerprint density at radius 3 is 1.79 bits per heavy atom. The van der Waals surface area contributed by atoms with Crippen LogP contribution in [0.15, 0.2) is 103 Å². The number of nitrogens with zero attached hydrogens (tertiary/aromatic N) is 1. The first-order valence-corrected chi connectivity index (χ1v) is 37.1. The van der Waals surface area contributed by atoms with Gasteiger partial charge in [0.05, 0.1) is 13.0 Å². The van der Waals surface area contributed by atoms with Crippen LogP contribution in [-0.4, -0.2) is 221 Å². The van der Waals surface area contributed by atoms with Gasteiger partial charge in [-0.15, -0.1) is 0 Å². The third-order valence-electron chi connectivity index (χ3n) is 19.0. The standard InChI is InChI=1S/C75H102N20O17/c1-4-6-24-51(86-60(97)38-83-75(111)112-40-48-46-22-11-9-20-44(46)45-21-10-12-23-47(45)48)65(103)89-53-28-15-14-27-50(62(76)100)87-66(104)54(29-16-32-81-73(77)78)90-69(107)56(36-43-35-42-19-8-13-26-49(42)85-43)92-63(101)41(3)84-64(102)52(25-7-5-2)88-67(105)55(30-17-33-82-74(79)80)91-71(109)59-31-18-34-95(59)72(110)57(37-61(98)99)93-70(108)58(39-96)94-68(53)106/h4-13,19-23,26,35,41,48,50-59,85,96H,14-18,24-25,27-34,36-40H2,1-3H3,(H2,76,100)(H,83,111)(H,84,102)(H,86,97)(H,87,104)(H,88,105)(H,89,103)(H,90,107)(H,91,109)(H,92,101)(H,93,108)(H,94,106)(H,98,99)(H4,77,78,81)(H4,79,80,82)/t41-,50-,51-,52-,53-,54-,55-,56-,57-,58-,59?/m0/s1. The van der Waals surface area contributed by atoms with Crippen LogP contribution in [0.2, 0.25) is 0 Å². The van der Waals surface area contributed by atoms with E-state index >= 15 is 0 Å². The van der Waals surface area contributed by atoms with Crippen LogP contribution in [0.5, 0.6) is 0 Å². The Morgan fingerprint density at radius 2 is 1.18 bits per heavy atom. The number of allylic oxidation sites excluding steroid dienone is 2. The van der Waals surface area contributed by atoms with Crippen molar-refractivity contribution >= 4 is 106 Å². The number of primary amides is 1. The summed E-state index contributed by atoms with van der Waals surface area (Å²) < 4.78 is 5.59. The first kappa shape index (κ1) is 86.8. The molecule has 2 saturated heterocycles. The molecule has 37 nitrogen and oxygen atoms in total. The van der Waals surface area contributed by atoms with Crippen LogP contribution in [0, 0.1) is 10.8 Å². The van der Waals surface area contributed by atoms with E-state index in [2.05, 4.69) is 74.1 Å². The highest BCUT2D eigenvalue weighted by molar-refractivity contribution is 6.01. The average molecular weight is 1560 g/mol. The Bertz CT molecular complexity index is 4070. The number of aromatic amines is 1. The number of carbonyl (C=O) groups excluding carboxylic acids is 13. The number of carboxylic acids is 1. The Hall–Kier alpha value is -12.4. The number of hydrogen-bond acceptors (Lipinski definition) is 18. The highest BCUT2D eigenvalue weighted by atomic mass is 16.5. The maximum atomic E-state index is 14.8. The SMILES string of the molecule is CC=CC[C@H](NC(=O)CNC(=O)OCC1c2ccccc2-c2ccccc21)C(=O)N[C@H]1CCCC[C@@H](C(N)=O)NC(=O)[C@H](CCCNC(=N)N)NC(=O)[C@H](Cc2cc3ccccc3[nH]2)NC(=O)[C@H](C)NC(=O)[C@H](CC=CC)NC(=O)[C@H](CCCNC(=N)N)NC(=O)C2CCCN2C(=O)[C@H](CC(=O)O)NC(=O)[C@H](CO)NC1=O. The van der Waals surface area contributed by atoms with Gasteiger partial charge in [-0.25, -0.2) is 4.79 Å². The third kappa shape index (κ3) is 25.9. The van der Waals surface area contributed by atoms with E-state index in [0.717, 1.165) is 32.5 Å². The van der Waals surface area contributed by atoms with Gasteiger partial charge in [-0.05, 0) is 125 Å². The summed E-state index contributed by atoms with van der Waals surface area (Å²) in [5, 5.41) is 70.1. The van der Waals surface area contributed by atoms with Gasteiger partial charge in [0.2, 0.25) is 70.9 Å². The molecule has 24 N–H and O–H groups in total. The monoisotopic (exact) mass is 1550 g/mol. The average Bonchev–Trinajstić information content (AvgIpc) is 1.61. The molecule has 604 valence electrons. The van der Waals surface area contributed by atoms with E-state index in [0.29, 0.717) is 11.2 Å². The Balaban J connectivity index is 1.19. The molecule has 0 bridgehead atoms. The fourth-order valence-corrected chi connectivity index (χ4v) is 13.2. The van der Waals surface area contributed by atoms with Gasteiger partial charge in [0.15, 0.2) is 11.9 Å². The number of nitrogens with one attached hydrogen (secondary N) is 16. The van der Waals surface area contributed by atoms with Crippen LogP contribution in [0.3, 0.4) is 0 Å². The number of aliphatic hydroxyl groups is 1. The molecule has 1 aromatic heterocycles. The van der Waals surface area contributed by atoms with E-state index in [1.807, 2.05) is 48.5 Å². The molecule has 3 heterocycles. The van der Waals surface area contributed by atoms with Gasteiger partial charge < -0.3 is 111 Å². The summed E-state index contributed by atoms with van der Waals surface area (Å²) >= 11 is 0. The minimum Gasteiger partial charge on any atom is -0.481 e. The van der Waals surface area contributed by atoms with Crippen LogP contribution in [-0.2, 0) is 73.5 Å². The lowest BCUT2D eigenvalue weighted by Gasteiger charge is -2.30. The number of alkyl carbamates (subject to hydrolysis) is 1. The highest BCUT2D eigenvalue weighted by Gasteiger charge is 2.42. The number of fused-ring (bicyclic) bond motifs is 5. The molecule has 4 aromatic rings. The molecule has 3 aliphatic rings. The molecule has 2 aliphatic heterocycles. The van der Waals surface area contributed by atoms with E-state index in [9.17, 15) is 77.3 Å². The number of aromatic nitrogens is 1. The maximum absolute atomic E-state index is 14.8. The minimum atomic E-state index is -2.00. The fraction of sp³-hybridized carbons (Fsp3) is 0.467. The second-order valence-electron chi connectivity index (χ2n) is 27.3. The molecule has 0 spiro atoms. The number of aliphatic carboxylic acids is 1. The Morgan fingerprint density at radius 1 is 0.625 bits per heavy atom. The number of benzene rings is 3. The number of carboxylic acid groups (broad SMARTS) is 1. The number of guanidine groups is 2. The van der Waals surface area contributed by atoms with Gasteiger partial charge in [-0.2, -0.15) is 0 Å². The number of H-pyrrole nitrogens is 1. The lowest BCUT2D eigenvalue weighted by Crippen LogP contribution is -2.61. The number of rotatable bonds is 25. The molecule has 0 saturated carbocycles. The van der Waals surface area contributed by atoms with Crippen molar-refractivity contribution in [2.75, 3.05) is 39.4 Å². The molecule has 7 rings (SSSR count). The van der Waals surface area contributed by atoms with Crippen LogP contribution in [0.1, 0.15) is 127 Å². The van der Waals surface area contributed by atoms with Gasteiger partial charge in [0.25, 0.3) is 0 Å². The van der Waals surface area contributed by atoms with Crippen LogP contribution in [0.25, 0.3) is 22.0 Å². The summed E-state index contributed by atoms with van der Waals surface area (Å²) in [6.45, 7) is 2.48. The number of hydrogen-bond donors (Lipinski definition) is 21. The Labute approximate surface area is 645 Å². The molecule has 3 aromatic carbocycles. The molecule has 1 aliphatic carbocycles. The summed E-state index contributed by atoms with van der Waals surface area (Å²) in [5.74, 6) is -14.8. The molecule has 1 unspecified atom stereocenters. The quantitative estimate of drug-likeness (QED) is 0.0149. The minimum absolute atomic E-state index is 0.0202. The fourth-order valence-electron chi connectivity index (χ4n) is 13.2. The first-order valence-electron chi connectivity index (χ1n) is 37.1. The van der Waals surface area contributed by atoms with E-state index in [4.69, 9.17) is 32.8 Å². The van der Waals surface area contributed by atoms with Gasteiger partial charge in [-0.1, -0.05) is 104 Å². The summed E-state index contributed by atoms with van der Waals surface area (Å²) in [6.07, 6.45) is 2.70. The topological polar surface area (TPSA) is 590 Å². The summed E-state index contributed by atoms with van der Waals surface area (Å²) in [6, 6.07) is 6.78. The van der Waals surface area contributed by atoms with Gasteiger partial charge >= 0.3 is 12.1 Å². The third-order valence-corrected chi connectivity index (χ3v) is 19.0. The van der Waals surface area contributed by atoms with E-state index in [-0.39, 0.29) is 116 Å². The lowest BCUT2D eigenvalue weighted by molar-refractivity contribution is -0.146. The van der Waals surface area contributed by atoms with E-state index in [1.165, 1.54) is 13.0 Å². The maximum Gasteiger partial charge on any atom is 0.407 e. The first-order chi connectivity index (χ1) is 53.6. The zero-order chi connectivity index (χ0) is 81.6. The molecule has 13 amide bonds. The number of carbonyl (C=O) groups is 14. The van der Waals surface area contributed by atoms with Crippen molar-refractivity contribution in [3.63, 3.8) is 0 Å². The molecule has 0 radical (unpaired) electrons. The van der Waals surface area contributed by atoms with Gasteiger partial charge in [-0.3, -0.25) is 73.1 Å². The number of amides is 13. The lowest BCUT2D eigenvalue weighted by atomic mass is 9.98. The summed E-state index contributed by atoms with van der Waals surface area (Å²) in [4.78, 5) is 202. The van der Waals surface area contributed by atoms with Crippen LogP contribution in [0.4, 0.5) is 4.79 Å². The normalized spacial score (nSPS) is 22.6. The highest BCUT2D eigenvalue weighted by Crippen LogP contribution is 2.44. The summed E-state index contributed by atoms with van der Waals surface area (Å²) in [7, 11) is 0. The van der Waals surface area contributed by atoms with E-state index in [1.54, 1.807) is 62.4 Å². The molecular formula is C75H102N20O17. The van der Waals surface area contributed by atoms with E-state index < -0.39 is 181 Å².